The van der Waals surface area contributed by atoms with Crippen LogP contribution in [0.3, 0.4) is 0 Å². The number of benzene rings is 1. The van der Waals surface area contributed by atoms with Crippen LogP contribution in [0.15, 0.2) is 24.3 Å². The lowest BCUT2D eigenvalue weighted by Gasteiger charge is -2.25. The summed E-state index contributed by atoms with van der Waals surface area (Å²) in [6.07, 6.45) is -0.109. The first kappa shape index (κ1) is 17.2. The van der Waals surface area contributed by atoms with Crippen molar-refractivity contribution in [3.05, 3.63) is 29.8 Å². The van der Waals surface area contributed by atoms with E-state index in [2.05, 4.69) is 5.32 Å². The van der Waals surface area contributed by atoms with Gasteiger partial charge in [0.25, 0.3) is 5.91 Å². The molecule has 0 saturated carbocycles. The summed E-state index contributed by atoms with van der Waals surface area (Å²) in [4.78, 5) is 14.3. The molecule has 0 spiro atoms. The molecule has 0 unspecified atom stereocenters. The fraction of sp³-hybridized carbons (Fsp3) is 0.562. The summed E-state index contributed by atoms with van der Waals surface area (Å²) in [6.45, 7) is 1.04. The zero-order chi connectivity index (χ0) is 17.3. The Morgan fingerprint density at radius 3 is 2.88 bits per heavy atom. The number of hydrogen-bond acceptors (Lipinski definition) is 4. The predicted molar refractivity (Wildman–Crippen MR) is 90.5 cm³/mol. The van der Waals surface area contributed by atoms with Crippen LogP contribution in [0.5, 0.6) is 0 Å². The molecule has 2 saturated heterocycles. The fourth-order valence-corrected chi connectivity index (χ4v) is 4.98. The molecule has 132 valence electrons. The van der Waals surface area contributed by atoms with Crippen LogP contribution in [0.4, 0.5) is 10.1 Å². The minimum atomic E-state index is -3.29. The molecule has 2 fully saturated rings. The first-order chi connectivity index (χ1) is 11.4. The quantitative estimate of drug-likeness (QED) is 0.875. The van der Waals surface area contributed by atoms with Gasteiger partial charge in [0.05, 0.1) is 18.0 Å². The number of rotatable bonds is 4. The largest absolute Gasteiger partial charge is 0.331 e. The van der Waals surface area contributed by atoms with Crippen molar-refractivity contribution >= 4 is 21.6 Å². The molecule has 1 aromatic carbocycles. The van der Waals surface area contributed by atoms with Crippen molar-refractivity contribution in [1.82, 2.24) is 10.2 Å². The Bertz CT molecular complexity index is 725. The Kier molecular flexibility index (Phi) is 4.78. The molecule has 1 aromatic rings. The van der Waals surface area contributed by atoms with E-state index in [1.165, 1.54) is 4.31 Å². The third-order valence-electron chi connectivity index (χ3n) is 4.54. The van der Waals surface area contributed by atoms with Gasteiger partial charge in [0.2, 0.25) is 10.0 Å². The van der Waals surface area contributed by atoms with E-state index in [0.717, 1.165) is 0 Å². The zero-order valence-corrected chi connectivity index (χ0v) is 14.4. The number of carbonyl (C=O) groups is 1. The zero-order valence-electron chi connectivity index (χ0n) is 13.6. The number of nitrogens with zero attached hydrogens (tertiary/aromatic N) is 2. The number of alkyl halides is 1. The highest BCUT2D eigenvalue weighted by Gasteiger charge is 2.36. The number of sulfonamides is 1. The van der Waals surface area contributed by atoms with E-state index in [1.54, 1.807) is 36.2 Å². The molecule has 24 heavy (non-hydrogen) atoms. The first-order valence-electron chi connectivity index (χ1n) is 8.12. The molecule has 2 aliphatic rings. The van der Waals surface area contributed by atoms with Gasteiger partial charge in [0.1, 0.15) is 6.17 Å². The van der Waals surface area contributed by atoms with E-state index in [1.807, 2.05) is 0 Å². The van der Waals surface area contributed by atoms with Crippen LogP contribution in [-0.2, 0) is 10.0 Å². The minimum Gasteiger partial charge on any atom is -0.331 e. The van der Waals surface area contributed by atoms with E-state index in [0.29, 0.717) is 37.2 Å². The van der Waals surface area contributed by atoms with Gasteiger partial charge in [-0.1, -0.05) is 6.07 Å². The molecular formula is C16H22FN3O3S. The van der Waals surface area contributed by atoms with Crippen LogP contribution in [0.25, 0.3) is 0 Å². The second-order valence-electron chi connectivity index (χ2n) is 6.29. The Labute approximate surface area is 141 Å². The summed E-state index contributed by atoms with van der Waals surface area (Å²) in [5.74, 6) is -0.126. The highest BCUT2D eigenvalue weighted by Crippen LogP contribution is 2.27. The van der Waals surface area contributed by atoms with Crippen molar-refractivity contribution in [2.75, 3.05) is 36.7 Å². The average molecular weight is 355 g/mol. The van der Waals surface area contributed by atoms with Gasteiger partial charge in [0, 0.05) is 31.1 Å². The van der Waals surface area contributed by atoms with Crippen molar-refractivity contribution in [3.8, 4) is 0 Å². The second kappa shape index (κ2) is 6.68. The van der Waals surface area contributed by atoms with E-state index in [4.69, 9.17) is 0 Å². The Hall–Kier alpha value is -1.67. The lowest BCUT2D eigenvalue weighted by atomic mass is 10.1. The maximum Gasteiger partial charge on any atom is 0.254 e. The molecule has 3 rings (SSSR count). The molecule has 0 bridgehead atoms. The van der Waals surface area contributed by atoms with Crippen LogP contribution in [0.1, 0.15) is 23.2 Å². The van der Waals surface area contributed by atoms with Crippen LogP contribution < -0.4 is 9.62 Å². The van der Waals surface area contributed by atoms with Crippen molar-refractivity contribution in [3.63, 3.8) is 0 Å². The molecule has 1 N–H and O–H groups in total. The number of halogens is 1. The molecule has 2 atom stereocenters. The number of hydrogen-bond donors (Lipinski definition) is 1. The number of amides is 1. The predicted octanol–water partition coefficient (Wildman–Crippen LogP) is 0.998. The molecule has 8 heteroatoms. The summed E-state index contributed by atoms with van der Waals surface area (Å²) in [6, 6.07) is 6.42. The van der Waals surface area contributed by atoms with Gasteiger partial charge in [-0.15, -0.1) is 0 Å². The molecule has 0 radical (unpaired) electrons. The van der Waals surface area contributed by atoms with Crippen molar-refractivity contribution in [2.24, 2.45) is 0 Å². The lowest BCUT2D eigenvalue weighted by Crippen LogP contribution is -2.41. The summed E-state index contributed by atoms with van der Waals surface area (Å²) in [5, 5.41) is 2.99. The molecule has 2 aliphatic heterocycles. The highest BCUT2D eigenvalue weighted by atomic mass is 32.2. The Balaban J connectivity index is 1.84. The standard InChI is InChI=1S/C16H22FN3O3S/c1-18-10-15-9-13(17)11-19(15)16(21)12-4-2-5-14(8-12)20-6-3-7-24(20,22)23/h2,4-5,8,13,15,18H,3,6-7,9-11H2,1H3/t13-,15-/m0/s1. The Morgan fingerprint density at radius 1 is 1.42 bits per heavy atom. The third kappa shape index (κ3) is 3.25. The van der Waals surface area contributed by atoms with Crippen LogP contribution >= 0.6 is 0 Å². The van der Waals surface area contributed by atoms with Crippen molar-refractivity contribution in [2.45, 2.75) is 25.1 Å². The van der Waals surface area contributed by atoms with E-state index in [9.17, 15) is 17.6 Å². The van der Waals surface area contributed by atoms with Gasteiger partial charge < -0.3 is 10.2 Å². The summed E-state index contributed by atoms with van der Waals surface area (Å²) < 4.78 is 39.2. The molecule has 0 aliphatic carbocycles. The monoisotopic (exact) mass is 355 g/mol. The average Bonchev–Trinajstić information content (AvgIpc) is 3.09. The number of carbonyl (C=O) groups excluding carboxylic acids is 1. The SMILES string of the molecule is CNC[C@@H]1C[C@H](F)CN1C(=O)c1cccc(N2CCCS2(=O)=O)c1. The maximum absolute atomic E-state index is 13.7. The molecule has 6 nitrogen and oxygen atoms in total. The van der Waals surface area contributed by atoms with Crippen molar-refractivity contribution in [1.29, 1.82) is 0 Å². The minimum absolute atomic E-state index is 0.0808. The number of anilines is 1. The van der Waals surface area contributed by atoms with Gasteiger partial charge in [-0.3, -0.25) is 9.10 Å². The topological polar surface area (TPSA) is 69.7 Å². The number of likely N-dealkylation sites (N-methyl/N-ethyl adjacent to an activating group) is 1. The van der Waals surface area contributed by atoms with E-state index < -0.39 is 16.2 Å². The van der Waals surface area contributed by atoms with Crippen LogP contribution in [0.2, 0.25) is 0 Å². The van der Waals surface area contributed by atoms with Gasteiger partial charge in [-0.2, -0.15) is 0 Å². The van der Waals surface area contributed by atoms with Gasteiger partial charge in [-0.25, -0.2) is 12.8 Å². The maximum atomic E-state index is 13.7. The molecular weight excluding hydrogens is 333 g/mol. The normalized spacial score (nSPS) is 26.1. The van der Waals surface area contributed by atoms with Gasteiger partial charge in [0.15, 0.2) is 0 Å². The van der Waals surface area contributed by atoms with Crippen LogP contribution in [-0.4, -0.2) is 63.9 Å². The fourth-order valence-electron chi connectivity index (χ4n) is 3.43. The second-order valence-corrected chi connectivity index (χ2v) is 8.31. The number of likely N-dealkylation sites (tertiary alicyclic amines) is 1. The van der Waals surface area contributed by atoms with Crippen LogP contribution in [0, 0.1) is 0 Å². The molecule has 0 aromatic heterocycles. The van der Waals surface area contributed by atoms with Gasteiger partial charge in [-0.05, 0) is 31.7 Å². The lowest BCUT2D eigenvalue weighted by molar-refractivity contribution is 0.0730. The van der Waals surface area contributed by atoms with Gasteiger partial charge >= 0.3 is 0 Å². The van der Waals surface area contributed by atoms with E-state index in [-0.39, 0.29) is 24.2 Å². The van der Waals surface area contributed by atoms with E-state index >= 15 is 0 Å². The van der Waals surface area contributed by atoms with Crippen molar-refractivity contribution < 1.29 is 17.6 Å². The summed E-state index contributed by atoms with van der Waals surface area (Å²) in [7, 11) is -1.52. The highest BCUT2D eigenvalue weighted by molar-refractivity contribution is 7.93. The summed E-state index contributed by atoms with van der Waals surface area (Å²) >= 11 is 0. The third-order valence-corrected chi connectivity index (χ3v) is 6.41. The smallest absolute Gasteiger partial charge is 0.254 e. The summed E-state index contributed by atoms with van der Waals surface area (Å²) in [5.41, 5.74) is 0.893. The first-order valence-corrected chi connectivity index (χ1v) is 9.73. The molecule has 2 heterocycles. The number of nitrogens with one attached hydrogen (secondary N) is 1. The molecule has 1 amide bonds. The Morgan fingerprint density at radius 2 is 2.21 bits per heavy atom.